The van der Waals surface area contributed by atoms with Gasteiger partial charge in [0.05, 0.1) is 11.5 Å². The number of nitrogens with one attached hydrogen (secondary N) is 1. The minimum absolute atomic E-state index is 0.00758. The van der Waals surface area contributed by atoms with Crippen molar-refractivity contribution in [3.8, 4) is 0 Å². The molecule has 0 radical (unpaired) electrons. The van der Waals surface area contributed by atoms with Gasteiger partial charge in [0.15, 0.2) is 21.5 Å². The van der Waals surface area contributed by atoms with Crippen LogP contribution in [0.2, 0.25) is 0 Å². The Bertz CT molecular complexity index is 537. The first-order chi connectivity index (χ1) is 8.37. The van der Waals surface area contributed by atoms with E-state index in [-0.39, 0.29) is 22.9 Å². The van der Waals surface area contributed by atoms with E-state index in [1.807, 2.05) is 0 Å². The fraction of sp³-hybridized carbons (Fsp3) is 0.455. The summed E-state index contributed by atoms with van der Waals surface area (Å²) in [5, 5.41) is 2.62. The van der Waals surface area contributed by atoms with Crippen molar-refractivity contribution in [3.05, 3.63) is 23.8 Å². The fourth-order valence-electron chi connectivity index (χ4n) is 2.07. The number of hydrogen-bond donors (Lipinski definition) is 2. The molecule has 2 rings (SSSR count). The normalized spacial score (nSPS) is 22.7. The standard InChI is InChI=1S/C11H14F2N2O2S/c12-9-4-7(14)5-10(13)11(9)15-8-2-1-3-18(16,17)6-8/h4-5,8,15H,1-3,6,14H2. The third-order valence-corrected chi connectivity index (χ3v) is 4.70. The lowest BCUT2D eigenvalue weighted by molar-refractivity contribution is 0.551. The van der Waals surface area contributed by atoms with Crippen molar-refractivity contribution in [2.24, 2.45) is 0 Å². The van der Waals surface area contributed by atoms with Crippen LogP contribution in [0.15, 0.2) is 12.1 Å². The molecule has 1 unspecified atom stereocenters. The summed E-state index contributed by atoms with van der Waals surface area (Å²) in [6.45, 7) is 0. The molecular weight excluding hydrogens is 262 g/mol. The molecule has 1 aromatic rings. The van der Waals surface area contributed by atoms with Crippen LogP contribution in [-0.2, 0) is 9.84 Å². The Morgan fingerprint density at radius 1 is 1.28 bits per heavy atom. The van der Waals surface area contributed by atoms with Crippen LogP contribution >= 0.6 is 0 Å². The van der Waals surface area contributed by atoms with Gasteiger partial charge in [0.1, 0.15) is 5.69 Å². The van der Waals surface area contributed by atoms with Crippen LogP contribution < -0.4 is 11.1 Å². The van der Waals surface area contributed by atoms with E-state index in [0.29, 0.717) is 12.8 Å². The molecule has 100 valence electrons. The molecule has 0 bridgehead atoms. The van der Waals surface area contributed by atoms with Crippen molar-refractivity contribution in [2.75, 3.05) is 22.6 Å². The molecule has 1 aliphatic rings. The third kappa shape index (κ3) is 2.90. The average molecular weight is 276 g/mol. The van der Waals surface area contributed by atoms with Gasteiger partial charge in [-0.05, 0) is 25.0 Å². The maximum atomic E-state index is 13.5. The molecule has 18 heavy (non-hydrogen) atoms. The topological polar surface area (TPSA) is 72.2 Å². The highest BCUT2D eigenvalue weighted by atomic mass is 32.2. The first kappa shape index (κ1) is 13.1. The molecule has 0 aromatic heterocycles. The zero-order valence-electron chi connectivity index (χ0n) is 9.62. The number of anilines is 2. The number of rotatable bonds is 2. The third-order valence-electron chi connectivity index (χ3n) is 2.88. The van der Waals surface area contributed by atoms with Gasteiger partial charge in [-0.1, -0.05) is 0 Å². The van der Waals surface area contributed by atoms with Gasteiger partial charge < -0.3 is 11.1 Å². The second-order valence-corrected chi connectivity index (χ2v) is 6.69. The van der Waals surface area contributed by atoms with Crippen molar-refractivity contribution < 1.29 is 17.2 Å². The van der Waals surface area contributed by atoms with Crippen molar-refractivity contribution in [1.29, 1.82) is 0 Å². The molecule has 1 aliphatic heterocycles. The molecule has 0 aliphatic carbocycles. The highest BCUT2D eigenvalue weighted by Gasteiger charge is 2.26. The van der Waals surface area contributed by atoms with E-state index in [1.165, 1.54) is 0 Å². The molecule has 3 N–H and O–H groups in total. The molecule has 1 fully saturated rings. The van der Waals surface area contributed by atoms with E-state index >= 15 is 0 Å². The minimum atomic E-state index is -3.12. The van der Waals surface area contributed by atoms with E-state index in [0.717, 1.165) is 12.1 Å². The predicted molar refractivity (Wildman–Crippen MR) is 66.1 cm³/mol. The van der Waals surface area contributed by atoms with Crippen LogP contribution in [0.3, 0.4) is 0 Å². The maximum Gasteiger partial charge on any atom is 0.152 e. The highest BCUT2D eigenvalue weighted by molar-refractivity contribution is 7.91. The lowest BCUT2D eigenvalue weighted by Crippen LogP contribution is -2.35. The zero-order chi connectivity index (χ0) is 13.3. The summed E-state index contributed by atoms with van der Waals surface area (Å²) in [4.78, 5) is 0. The number of benzene rings is 1. The Morgan fingerprint density at radius 3 is 2.44 bits per heavy atom. The van der Waals surface area contributed by atoms with Gasteiger partial charge in [-0.3, -0.25) is 0 Å². The molecule has 1 aromatic carbocycles. The van der Waals surface area contributed by atoms with Crippen molar-refractivity contribution in [1.82, 2.24) is 0 Å². The molecule has 4 nitrogen and oxygen atoms in total. The number of nitrogens with two attached hydrogens (primary N) is 1. The molecule has 0 spiro atoms. The lowest BCUT2D eigenvalue weighted by atomic mass is 10.1. The Kier molecular flexibility index (Phi) is 3.43. The molecule has 0 saturated carbocycles. The van der Waals surface area contributed by atoms with Crippen LogP contribution in [0, 0.1) is 11.6 Å². The lowest BCUT2D eigenvalue weighted by Gasteiger charge is -2.24. The Hall–Kier alpha value is -1.37. The van der Waals surface area contributed by atoms with Crippen LogP contribution in [-0.4, -0.2) is 26.0 Å². The number of sulfone groups is 1. The highest BCUT2D eigenvalue weighted by Crippen LogP contribution is 2.25. The van der Waals surface area contributed by atoms with Gasteiger partial charge in [-0.2, -0.15) is 0 Å². The van der Waals surface area contributed by atoms with E-state index in [1.54, 1.807) is 0 Å². The molecule has 7 heteroatoms. The van der Waals surface area contributed by atoms with E-state index < -0.39 is 27.5 Å². The average Bonchev–Trinajstić information content (AvgIpc) is 2.22. The molecule has 1 heterocycles. The molecular formula is C11H14F2N2O2S. The number of halogens is 2. The number of hydrogen-bond acceptors (Lipinski definition) is 4. The smallest absolute Gasteiger partial charge is 0.152 e. The minimum Gasteiger partial charge on any atom is -0.399 e. The fourth-order valence-corrected chi connectivity index (χ4v) is 3.71. The van der Waals surface area contributed by atoms with Crippen molar-refractivity contribution in [2.45, 2.75) is 18.9 Å². The first-order valence-corrected chi connectivity index (χ1v) is 7.41. The van der Waals surface area contributed by atoms with E-state index in [4.69, 9.17) is 5.73 Å². The van der Waals surface area contributed by atoms with Gasteiger partial charge >= 0.3 is 0 Å². The van der Waals surface area contributed by atoms with E-state index in [2.05, 4.69) is 5.32 Å². The molecule has 1 saturated heterocycles. The van der Waals surface area contributed by atoms with Crippen LogP contribution in [0.1, 0.15) is 12.8 Å². The Labute approximate surface area is 104 Å². The van der Waals surface area contributed by atoms with Crippen LogP contribution in [0.25, 0.3) is 0 Å². The molecule has 0 amide bonds. The summed E-state index contributed by atoms with van der Waals surface area (Å²) in [6.07, 6.45) is 1.07. The monoisotopic (exact) mass is 276 g/mol. The summed E-state index contributed by atoms with van der Waals surface area (Å²) < 4.78 is 49.9. The van der Waals surface area contributed by atoms with Gasteiger partial charge in [-0.25, -0.2) is 17.2 Å². The predicted octanol–water partition coefficient (Wildman–Crippen LogP) is 1.54. The SMILES string of the molecule is Nc1cc(F)c(NC2CCCS(=O)(=O)C2)c(F)c1. The van der Waals surface area contributed by atoms with Gasteiger partial charge in [0, 0.05) is 11.7 Å². The summed E-state index contributed by atoms with van der Waals surface area (Å²) in [5.41, 5.74) is 4.98. The second kappa shape index (κ2) is 4.72. The van der Waals surface area contributed by atoms with Crippen LogP contribution in [0.5, 0.6) is 0 Å². The zero-order valence-corrected chi connectivity index (χ0v) is 10.4. The second-order valence-electron chi connectivity index (χ2n) is 4.46. The Balaban J connectivity index is 2.19. The number of nitrogen functional groups attached to an aromatic ring is 1. The summed E-state index contributed by atoms with van der Waals surface area (Å²) >= 11 is 0. The summed E-state index contributed by atoms with van der Waals surface area (Å²) in [5.74, 6) is -1.58. The summed E-state index contributed by atoms with van der Waals surface area (Å²) in [6, 6.07) is 1.54. The molecule has 1 atom stereocenters. The van der Waals surface area contributed by atoms with Crippen LogP contribution in [0.4, 0.5) is 20.2 Å². The van der Waals surface area contributed by atoms with Crippen molar-refractivity contribution in [3.63, 3.8) is 0 Å². The van der Waals surface area contributed by atoms with E-state index in [9.17, 15) is 17.2 Å². The van der Waals surface area contributed by atoms with Gasteiger partial charge in [-0.15, -0.1) is 0 Å². The van der Waals surface area contributed by atoms with Gasteiger partial charge in [0.25, 0.3) is 0 Å². The first-order valence-electron chi connectivity index (χ1n) is 5.59. The summed E-state index contributed by atoms with van der Waals surface area (Å²) in [7, 11) is -3.12. The largest absolute Gasteiger partial charge is 0.399 e. The van der Waals surface area contributed by atoms with Crippen molar-refractivity contribution >= 4 is 21.2 Å². The quantitative estimate of drug-likeness (QED) is 0.804. The maximum absolute atomic E-state index is 13.5. The van der Waals surface area contributed by atoms with Gasteiger partial charge in [0.2, 0.25) is 0 Å². The Morgan fingerprint density at radius 2 is 1.89 bits per heavy atom.